The van der Waals surface area contributed by atoms with Crippen molar-refractivity contribution < 1.29 is 0 Å². The van der Waals surface area contributed by atoms with Crippen LogP contribution in [0.3, 0.4) is 0 Å². The highest BCUT2D eigenvalue weighted by atomic mass is 14.5. The van der Waals surface area contributed by atoms with E-state index in [2.05, 4.69) is 27.7 Å². The van der Waals surface area contributed by atoms with Crippen molar-refractivity contribution >= 4 is 0 Å². The molecule has 0 saturated heterocycles. The first-order valence-electron chi connectivity index (χ1n) is 7.09. The van der Waals surface area contributed by atoms with Gasteiger partial charge in [0.15, 0.2) is 0 Å². The minimum atomic E-state index is 0.902. The highest BCUT2D eigenvalue weighted by molar-refractivity contribution is 4.91. The van der Waals surface area contributed by atoms with Gasteiger partial charge in [-0.2, -0.15) is 0 Å². The van der Waals surface area contributed by atoms with Crippen LogP contribution in [0.4, 0.5) is 0 Å². The fraction of sp³-hybridized carbons (Fsp3) is 1.00. The minimum absolute atomic E-state index is 0.902. The molecule has 0 N–H and O–H groups in total. The molecule has 0 aromatic rings. The van der Waals surface area contributed by atoms with Crippen LogP contribution >= 0.6 is 0 Å². The van der Waals surface area contributed by atoms with Gasteiger partial charge in [0.2, 0.25) is 0 Å². The second kappa shape index (κ2) is 4.47. The molecule has 2 aliphatic rings. The van der Waals surface area contributed by atoms with Gasteiger partial charge >= 0.3 is 0 Å². The maximum Gasteiger partial charge on any atom is -0.0357 e. The standard InChI is InChI=1S/C15H28/c1-10(2)14-8-12-6-5-7-13(12)9-15(14)11(3)4/h10-15H,5-9H2,1-4H3. The predicted molar refractivity (Wildman–Crippen MR) is 66.7 cm³/mol. The molecule has 0 radical (unpaired) electrons. The van der Waals surface area contributed by atoms with Crippen LogP contribution in [-0.4, -0.2) is 0 Å². The van der Waals surface area contributed by atoms with E-state index >= 15 is 0 Å². The van der Waals surface area contributed by atoms with Crippen molar-refractivity contribution in [3.8, 4) is 0 Å². The van der Waals surface area contributed by atoms with Gasteiger partial charge < -0.3 is 0 Å². The lowest BCUT2D eigenvalue weighted by molar-refractivity contribution is 0.0680. The summed E-state index contributed by atoms with van der Waals surface area (Å²) in [5, 5.41) is 0. The zero-order chi connectivity index (χ0) is 11.0. The summed E-state index contributed by atoms with van der Waals surface area (Å²) in [5.74, 6) is 6.05. The molecule has 2 aliphatic carbocycles. The molecule has 15 heavy (non-hydrogen) atoms. The molecular weight excluding hydrogens is 180 g/mol. The second-order valence-corrected chi connectivity index (χ2v) is 6.74. The Morgan fingerprint density at radius 2 is 1.13 bits per heavy atom. The van der Waals surface area contributed by atoms with Crippen LogP contribution in [0.5, 0.6) is 0 Å². The Morgan fingerprint density at radius 1 is 0.733 bits per heavy atom. The molecule has 0 bridgehead atoms. The van der Waals surface area contributed by atoms with Crippen molar-refractivity contribution in [2.75, 3.05) is 0 Å². The molecule has 0 aliphatic heterocycles. The van der Waals surface area contributed by atoms with E-state index in [1.54, 1.807) is 25.7 Å². The van der Waals surface area contributed by atoms with Crippen molar-refractivity contribution in [2.24, 2.45) is 35.5 Å². The zero-order valence-corrected chi connectivity index (χ0v) is 11.0. The van der Waals surface area contributed by atoms with Gasteiger partial charge in [-0.15, -0.1) is 0 Å². The molecule has 0 nitrogen and oxygen atoms in total. The van der Waals surface area contributed by atoms with E-state index in [1.807, 2.05) is 0 Å². The molecule has 0 aromatic heterocycles. The highest BCUT2D eigenvalue weighted by Gasteiger charge is 2.41. The Bertz CT molecular complexity index is 182. The fourth-order valence-corrected chi connectivity index (χ4v) is 4.32. The van der Waals surface area contributed by atoms with Crippen LogP contribution in [0.1, 0.15) is 59.8 Å². The van der Waals surface area contributed by atoms with Crippen molar-refractivity contribution in [3.63, 3.8) is 0 Å². The first-order chi connectivity index (χ1) is 7.09. The van der Waals surface area contributed by atoms with Crippen molar-refractivity contribution in [1.82, 2.24) is 0 Å². The number of hydrogen-bond donors (Lipinski definition) is 0. The molecule has 2 rings (SSSR count). The molecule has 4 atom stereocenters. The van der Waals surface area contributed by atoms with Crippen LogP contribution in [0.15, 0.2) is 0 Å². The van der Waals surface area contributed by atoms with E-state index < -0.39 is 0 Å². The van der Waals surface area contributed by atoms with Crippen molar-refractivity contribution in [2.45, 2.75) is 59.8 Å². The molecule has 2 saturated carbocycles. The lowest BCUT2D eigenvalue weighted by atomic mass is 9.63. The van der Waals surface area contributed by atoms with Gasteiger partial charge in [-0.25, -0.2) is 0 Å². The summed E-state index contributed by atoms with van der Waals surface area (Å²) >= 11 is 0. The topological polar surface area (TPSA) is 0 Å². The quantitative estimate of drug-likeness (QED) is 0.615. The summed E-state index contributed by atoms with van der Waals surface area (Å²) in [7, 11) is 0. The smallest absolute Gasteiger partial charge is 0.0357 e. The largest absolute Gasteiger partial charge is 0.0625 e. The van der Waals surface area contributed by atoms with Gasteiger partial charge in [-0.05, 0) is 48.3 Å². The van der Waals surface area contributed by atoms with Gasteiger partial charge in [-0.1, -0.05) is 47.0 Å². The van der Waals surface area contributed by atoms with Crippen LogP contribution in [0, 0.1) is 35.5 Å². The van der Waals surface area contributed by atoms with E-state index in [9.17, 15) is 0 Å². The molecule has 0 amide bonds. The Labute approximate surface area is 95.8 Å². The molecule has 2 fully saturated rings. The summed E-state index contributed by atoms with van der Waals surface area (Å²) < 4.78 is 0. The van der Waals surface area contributed by atoms with Gasteiger partial charge in [0, 0.05) is 0 Å². The zero-order valence-electron chi connectivity index (χ0n) is 11.0. The molecule has 0 heterocycles. The van der Waals surface area contributed by atoms with Crippen LogP contribution < -0.4 is 0 Å². The first kappa shape index (κ1) is 11.5. The normalized spacial score (nSPS) is 41.2. The highest BCUT2D eigenvalue weighted by Crippen LogP contribution is 2.50. The maximum absolute atomic E-state index is 2.44. The van der Waals surface area contributed by atoms with Gasteiger partial charge in [-0.3, -0.25) is 0 Å². The third-order valence-electron chi connectivity index (χ3n) is 5.23. The summed E-state index contributed by atoms with van der Waals surface area (Å²) in [6, 6.07) is 0. The number of rotatable bonds is 2. The van der Waals surface area contributed by atoms with Crippen LogP contribution in [0.2, 0.25) is 0 Å². The molecular formula is C15H28. The monoisotopic (exact) mass is 208 g/mol. The molecule has 0 aromatic carbocycles. The average Bonchev–Trinajstić information content (AvgIpc) is 2.61. The lowest BCUT2D eigenvalue weighted by Gasteiger charge is -2.43. The van der Waals surface area contributed by atoms with E-state index in [0.717, 1.165) is 35.5 Å². The Kier molecular flexibility index (Phi) is 3.42. The Balaban J connectivity index is 2.07. The molecule has 88 valence electrons. The molecule has 0 spiro atoms. The fourth-order valence-electron chi connectivity index (χ4n) is 4.32. The first-order valence-corrected chi connectivity index (χ1v) is 7.09. The van der Waals surface area contributed by atoms with E-state index in [4.69, 9.17) is 0 Å². The SMILES string of the molecule is CC(C)C1CC2CCCC2CC1C(C)C. The van der Waals surface area contributed by atoms with Crippen LogP contribution in [-0.2, 0) is 0 Å². The van der Waals surface area contributed by atoms with E-state index in [0.29, 0.717) is 0 Å². The second-order valence-electron chi connectivity index (χ2n) is 6.74. The maximum atomic E-state index is 2.44. The minimum Gasteiger partial charge on any atom is -0.0625 e. The van der Waals surface area contributed by atoms with E-state index in [1.165, 1.54) is 6.42 Å². The summed E-state index contributed by atoms with van der Waals surface area (Å²) in [6.45, 7) is 9.76. The Hall–Kier alpha value is 0. The average molecular weight is 208 g/mol. The van der Waals surface area contributed by atoms with Gasteiger partial charge in [0.05, 0.1) is 0 Å². The molecule has 0 heteroatoms. The summed E-state index contributed by atoms with van der Waals surface area (Å²) in [5.41, 5.74) is 0. The summed E-state index contributed by atoms with van der Waals surface area (Å²) in [4.78, 5) is 0. The summed E-state index contributed by atoms with van der Waals surface area (Å²) in [6.07, 6.45) is 7.69. The third-order valence-corrected chi connectivity index (χ3v) is 5.23. The Morgan fingerprint density at radius 3 is 1.47 bits per heavy atom. The number of fused-ring (bicyclic) bond motifs is 1. The van der Waals surface area contributed by atoms with E-state index in [-0.39, 0.29) is 0 Å². The van der Waals surface area contributed by atoms with Crippen molar-refractivity contribution in [3.05, 3.63) is 0 Å². The number of hydrogen-bond acceptors (Lipinski definition) is 0. The van der Waals surface area contributed by atoms with Gasteiger partial charge in [0.25, 0.3) is 0 Å². The van der Waals surface area contributed by atoms with Crippen molar-refractivity contribution in [1.29, 1.82) is 0 Å². The van der Waals surface area contributed by atoms with Crippen LogP contribution in [0.25, 0.3) is 0 Å². The lowest BCUT2D eigenvalue weighted by Crippen LogP contribution is -2.34. The van der Waals surface area contributed by atoms with Gasteiger partial charge in [0.1, 0.15) is 0 Å². The third kappa shape index (κ3) is 2.24. The molecule has 4 unspecified atom stereocenters. The predicted octanol–water partition coefficient (Wildman–Crippen LogP) is 4.74.